The van der Waals surface area contributed by atoms with Crippen LogP contribution in [0.4, 0.5) is 14.5 Å². The van der Waals surface area contributed by atoms with Crippen molar-refractivity contribution in [1.29, 1.82) is 0 Å². The van der Waals surface area contributed by atoms with Crippen LogP contribution in [0.15, 0.2) is 48.5 Å². The van der Waals surface area contributed by atoms with Crippen molar-refractivity contribution in [2.45, 2.75) is 25.8 Å². The second-order valence-electron chi connectivity index (χ2n) is 5.48. The molecule has 1 atom stereocenters. The third kappa shape index (κ3) is 5.15. The van der Waals surface area contributed by atoms with E-state index in [1.807, 2.05) is 30.3 Å². The smallest absolute Gasteiger partial charge is 0.313 e. The molecule has 0 saturated heterocycles. The number of hydrogen-bond donors (Lipinski definition) is 2. The average Bonchev–Trinajstić information content (AvgIpc) is 2.56. The topological polar surface area (TPSA) is 58.2 Å². The highest BCUT2D eigenvalue weighted by molar-refractivity contribution is 6.39. The fourth-order valence-corrected chi connectivity index (χ4v) is 2.16. The first kappa shape index (κ1) is 17.6. The molecule has 6 heteroatoms. The van der Waals surface area contributed by atoms with E-state index in [0.29, 0.717) is 12.5 Å². The Morgan fingerprint density at radius 3 is 2.42 bits per heavy atom. The maximum atomic E-state index is 13.5. The lowest BCUT2D eigenvalue weighted by Crippen LogP contribution is -2.40. The summed E-state index contributed by atoms with van der Waals surface area (Å²) < 4.78 is 26.3. The number of amides is 2. The minimum atomic E-state index is -0.993. The molecule has 24 heavy (non-hydrogen) atoms. The van der Waals surface area contributed by atoms with Crippen LogP contribution in [0.5, 0.6) is 0 Å². The maximum Gasteiger partial charge on any atom is 0.313 e. The van der Waals surface area contributed by atoms with Crippen LogP contribution >= 0.6 is 0 Å². The van der Waals surface area contributed by atoms with Crippen LogP contribution < -0.4 is 10.6 Å². The molecule has 2 amide bonds. The Bertz CT molecular complexity index is 720. The van der Waals surface area contributed by atoms with Crippen molar-refractivity contribution in [3.63, 3.8) is 0 Å². The van der Waals surface area contributed by atoms with Crippen molar-refractivity contribution < 1.29 is 18.4 Å². The Kier molecular flexibility index (Phi) is 6.01. The van der Waals surface area contributed by atoms with Crippen LogP contribution in [0.25, 0.3) is 0 Å². The highest BCUT2D eigenvalue weighted by atomic mass is 19.1. The molecule has 2 rings (SSSR count). The molecule has 0 aliphatic rings. The highest BCUT2D eigenvalue weighted by Crippen LogP contribution is 2.14. The van der Waals surface area contributed by atoms with Gasteiger partial charge in [0.15, 0.2) is 0 Å². The zero-order valence-corrected chi connectivity index (χ0v) is 13.2. The van der Waals surface area contributed by atoms with E-state index in [-0.39, 0.29) is 11.7 Å². The number of benzene rings is 2. The van der Waals surface area contributed by atoms with Crippen molar-refractivity contribution in [1.82, 2.24) is 5.32 Å². The molecule has 0 heterocycles. The molecule has 0 aliphatic carbocycles. The van der Waals surface area contributed by atoms with Gasteiger partial charge in [-0.25, -0.2) is 8.78 Å². The fourth-order valence-electron chi connectivity index (χ4n) is 2.16. The average molecular weight is 332 g/mol. The number of carbonyl (C=O) groups excluding carboxylic acids is 2. The largest absolute Gasteiger partial charge is 0.345 e. The lowest BCUT2D eigenvalue weighted by Gasteiger charge is -2.14. The Morgan fingerprint density at radius 2 is 1.75 bits per heavy atom. The summed E-state index contributed by atoms with van der Waals surface area (Å²) in [5.74, 6) is -3.55. The van der Waals surface area contributed by atoms with Crippen molar-refractivity contribution in [3.05, 3.63) is 65.7 Å². The summed E-state index contributed by atoms with van der Waals surface area (Å²) in [5.41, 5.74) is 0.893. The van der Waals surface area contributed by atoms with E-state index in [9.17, 15) is 18.4 Å². The monoisotopic (exact) mass is 332 g/mol. The van der Waals surface area contributed by atoms with E-state index in [2.05, 4.69) is 10.6 Å². The van der Waals surface area contributed by atoms with E-state index in [0.717, 1.165) is 24.1 Å². The summed E-state index contributed by atoms with van der Waals surface area (Å²) in [5, 5.41) is 4.68. The van der Waals surface area contributed by atoms with Gasteiger partial charge in [0, 0.05) is 12.1 Å². The number of halogens is 2. The molecule has 126 valence electrons. The van der Waals surface area contributed by atoms with Gasteiger partial charge in [0.25, 0.3) is 0 Å². The molecule has 2 aromatic carbocycles. The molecule has 0 spiro atoms. The quantitative estimate of drug-likeness (QED) is 0.827. The van der Waals surface area contributed by atoms with Gasteiger partial charge >= 0.3 is 11.8 Å². The summed E-state index contributed by atoms with van der Waals surface area (Å²) in [4.78, 5) is 23.6. The molecule has 2 N–H and O–H groups in total. The van der Waals surface area contributed by atoms with Gasteiger partial charge in [-0.1, -0.05) is 30.3 Å². The van der Waals surface area contributed by atoms with Crippen molar-refractivity contribution in [3.8, 4) is 0 Å². The number of carbonyl (C=O) groups is 2. The summed E-state index contributed by atoms with van der Waals surface area (Å²) in [6, 6.07) is 12.2. The lowest BCUT2D eigenvalue weighted by molar-refractivity contribution is -0.136. The molecule has 0 saturated carbocycles. The molecule has 0 aromatic heterocycles. The predicted octanol–water partition coefficient (Wildman–Crippen LogP) is 3.04. The predicted molar refractivity (Wildman–Crippen MR) is 87.4 cm³/mol. The Balaban J connectivity index is 1.83. The van der Waals surface area contributed by atoms with Crippen LogP contribution in [0.1, 0.15) is 18.9 Å². The number of rotatable bonds is 5. The van der Waals surface area contributed by atoms with Crippen LogP contribution in [-0.2, 0) is 16.0 Å². The SMILES string of the molecule is CC(CCc1ccccc1)NC(=O)C(=O)Nc1ccc(F)cc1F. The Morgan fingerprint density at radius 1 is 1.04 bits per heavy atom. The first-order chi connectivity index (χ1) is 11.5. The van der Waals surface area contributed by atoms with Crippen molar-refractivity contribution in [2.75, 3.05) is 5.32 Å². The Hall–Kier alpha value is -2.76. The molecule has 0 bridgehead atoms. The van der Waals surface area contributed by atoms with E-state index < -0.39 is 23.4 Å². The van der Waals surface area contributed by atoms with Gasteiger partial charge in [0.2, 0.25) is 0 Å². The van der Waals surface area contributed by atoms with Crippen LogP contribution in [-0.4, -0.2) is 17.9 Å². The van der Waals surface area contributed by atoms with E-state index in [4.69, 9.17) is 0 Å². The fraction of sp³-hybridized carbons (Fsp3) is 0.222. The van der Waals surface area contributed by atoms with Gasteiger partial charge in [-0.15, -0.1) is 0 Å². The molecule has 1 unspecified atom stereocenters. The van der Waals surface area contributed by atoms with E-state index in [1.54, 1.807) is 6.92 Å². The normalized spacial score (nSPS) is 11.6. The Labute approximate surface area is 138 Å². The van der Waals surface area contributed by atoms with E-state index in [1.165, 1.54) is 0 Å². The minimum absolute atomic E-state index is 0.221. The second kappa shape index (κ2) is 8.19. The third-order valence-electron chi connectivity index (χ3n) is 3.47. The first-order valence-corrected chi connectivity index (χ1v) is 7.56. The zero-order chi connectivity index (χ0) is 17.5. The standard InChI is InChI=1S/C18H18F2N2O2/c1-12(7-8-13-5-3-2-4-6-13)21-17(23)18(24)22-16-10-9-14(19)11-15(16)20/h2-6,9-12H,7-8H2,1H3,(H,21,23)(H,22,24). The van der Waals surface area contributed by atoms with E-state index >= 15 is 0 Å². The van der Waals surface area contributed by atoms with Crippen LogP contribution in [0, 0.1) is 11.6 Å². The minimum Gasteiger partial charge on any atom is -0.345 e. The summed E-state index contributed by atoms with van der Waals surface area (Å²) in [6.07, 6.45) is 1.42. The van der Waals surface area contributed by atoms with Crippen molar-refractivity contribution >= 4 is 17.5 Å². The van der Waals surface area contributed by atoms with Crippen molar-refractivity contribution in [2.24, 2.45) is 0 Å². The second-order valence-corrected chi connectivity index (χ2v) is 5.48. The maximum absolute atomic E-state index is 13.5. The van der Waals surface area contributed by atoms with Gasteiger partial charge in [0.05, 0.1) is 5.69 Å². The zero-order valence-electron chi connectivity index (χ0n) is 13.2. The van der Waals surface area contributed by atoms with Gasteiger partial charge in [-0.2, -0.15) is 0 Å². The van der Waals surface area contributed by atoms with Gasteiger partial charge in [-0.05, 0) is 37.5 Å². The van der Waals surface area contributed by atoms with Gasteiger partial charge in [-0.3, -0.25) is 9.59 Å². The summed E-state index contributed by atoms with van der Waals surface area (Å²) >= 11 is 0. The molecular formula is C18H18F2N2O2. The number of anilines is 1. The number of nitrogens with one attached hydrogen (secondary N) is 2. The summed E-state index contributed by atoms with van der Waals surface area (Å²) in [6.45, 7) is 1.78. The first-order valence-electron chi connectivity index (χ1n) is 7.56. The molecular weight excluding hydrogens is 314 g/mol. The molecule has 2 aromatic rings. The van der Waals surface area contributed by atoms with Crippen LogP contribution in [0.2, 0.25) is 0 Å². The third-order valence-corrected chi connectivity index (χ3v) is 3.47. The molecule has 0 fully saturated rings. The number of aryl methyl sites for hydroxylation is 1. The lowest BCUT2D eigenvalue weighted by atomic mass is 10.1. The highest BCUT2D eigenvalue weighted by Gasteiger charge is 2.17. The molecule has 0 aliphatic heterocycles. The van der Waals surface area contributed by atoms with Crippen LogP contribution in [0.3, 0.4) is 0 Å². The van der Waals surface area contributed by atoms with Gasteiger partial charge < -0.3 is 10.6 Å². The van der Waals surface area contributed by atoms with Gasteiger partial charge in [0.1, 0.15) is 11.6 Å². The molecule has 4 nitrogen and oxygen atoms in total. The summed E-state index contributed by atoms with van der Waals surface area (Å²) in [7, 11) is 0. The number of hydrogen-bond acceptors (Lipinski definition) is 2. The molecule has 0 radical (unpaired) electrons.